The molecule has 1 aromatic heterocycles. The molecule has 0 amide bonds. The lowest BCUT2D eigenvalue weighted by Gasteiger charge is -2.01. The number of nitro groups is 3. The van der Waals surface area contributed by atoms with Crippen molar-refractivity contribution in [3.05, 3.63) is 72.7 Å². The van der Waals surface area contributed by atoms with E-state index in [4.69, 9.17) is 4.42 Å². The number of nitro benzene ring substituents is 2. The fourth-order valence-corrected chi connectivity index (χ4v) is 1.69. The summed E-state index contributed by atoms with van der Waals surface area (Å²) in [5.74, 6) is 0.222. The van der Waals surface area contributed by atoms with E-state index in [1.54, 1.807) is 0 Å². The number of allylic oxidation sites excluding steroid dienone is 1. The Bertz CT molecular complexity index is 887. The van der Waals surface area contributed by atoms with Gasteiger partial charge in [0.1, 0.15) is 11.4 Å². The Morgan fingerprint density at radius 3 is 2.32 bits per heavy atom. The molecule has 12 nitrogen and oxygen atoms in total. The van der Waals surface area contributed by atoms with Crippen molar-refractivity contribution in [3.8, 4) is 0 Å². The molecule has 1 N–H and O–H groups in total. The first-order valence-electron chi connectivity index (χ1n) is 6.50. The number of furan rings is 1. The number of hydrogen-bond acceptors (Lipinski definition) is 9. The van der Waals surface area contributed by atoms with Gasteiger partial charge in [-0.15, -0.1) is 0 Å². The maximum absolute atomic E-state index is 10.9. The third kappa shape index (κ3) is 4.44. The summed E-state index contributed by atoms with van der Waals surface area (Å²) in [4.78, 5) is 29.9. The van der Waals surface area contributed by atoms with E-state index in [-0.39, 0.29) is 17.1 Å². The summed E-state index contributed by atoms with van der Waals surface area (Å²) in [5.41, 5.74) is 1.24. The Morgan fingerprint density at radius 2 is 1.72 bits per heavy atom. The van der Waals surface area contributed by atoms with Gasteiger partial charge < -0.3 is 4.42 Å². The van der Waals surface area contributed by atoms with Crippen LogP contribution in [-0.4, -0.2) is 21.0 Å². The quantitative estimate of drug-likeness (QED) is 0.452. The summed E-state index contributed by atoms with van der Waals surface area (Å²) in [5, 5.41) is 35.8. The number of benzene rings is 1. The van der Waals surface area contributed by atoms with Crippen molar-refractivity contribution in [2.75, 3.05) is 5.43 Å². The van der Waals surface area contributed by atoms with Crippen molar-refractivity contribution in [2.45, 2.75) is 0 Å². The lowest BCUT2D eigenvalue weighted by molar-refractivity contribution is -0.393. The number of hydrazone groups is 1. The van der Waals surface area contributed by atoms with Crippen LogP contribution in [0.4, 0.5) is 22.7 Å². The van der Waals surface area contributed by atoms with Crippen LogP contribution in [0.25, 0.3) is 6.08 Å². The van der Waals surface area contributed by atoms with Crippen LogP contribution in [0, 0.1) is 30.3 Å². The molecule has 1 aromatic carbocycles. The highest BCUT2D eigenvalue weighted by molar-refractivity contribution is 5.79. The summed E-state index contributed by atoms with van der Waals surface area (Å²) in [6, 6.07) is 4.28. The smallest absolute Gasteiger partial charge is 0.307 e. The average Bonchev–Trinajstić information content (AvgIpc) is 3.03. The molecule has 1 heterocycles. The first kappa shape index (κ1) is 17.3. The van der Waals surface area contributed by atoms with Crippen LogP contribution in [-0.2, 0) is 0 Å². The Morgan fingerprint density at radius 1 is 1.00 bits per heavy atom. The molecule has 128 valence electrons. The Labute approximate surface area is 138 Å². The molecule has 0 unspecified atom stereocenters. The van der Waals surface area contributed by atoms with E-state index in [9.17, 15) is 30.3 Å². The van der Waals surface area contributed by atoms with Gasteiger partial charge >= 0.3 is 11.4 Å². The molecule has 0 bridgehead atoms. The van der Waals surface area contributed by atoms with Gasteiger partial charge in [0.25, 0.3) is 5.69 Å². The van der Waals surface area contributed by atoms with Gasteiger partial charge in [0.15, 0.2) is 6.26 Å². The van der Waals surface area contributed by atoms with Crippen molar-refractivity contribution >= 4 is 35.0 Å². The van der Waals surface area contributed by atoms with Gasteiger partial charge in [0.2, 0.25) is 0 Å². The third-order valence-corrected chi connectivity index (χ3v) is 2.81. The van der Waals surface area contributed by atoms with Gasteiger partial charge in [-0.25, -0.2) is 0 Å². The number of rotatable bonds is 7. The normalized spacial score (nSPS) is 11.0. The SMILES string of the molecule is O=[N+]([O-])c1coc(C=CC=NNc2ccc([N+](=O)[O-])cc2[N+](=O)[O-])c1. The van der Waals surface area contributed by atoms with Gasteiger partial charge in [0, 0.05) is 12.3 Å². The summed E-state index contributed by atoms with van der Waals surface area (Å²) in [6.45, 7) is 0. The summed E-state index contributed by atoms with van der Waals surface area (Å²) >= 11 is 0. The first-order valence-corrected chi connectivity index (χ1v) is 6.50. The van der Waals surface area contributed by atoms with Crippen LogP contribution in [0.15, 0.2) is 46.1 Å². The molecule has 0 saturated heterocycles. The van der Waals surface area contributed by atoms with Crippen LogP contribution in [0.2, 0.25) is 0 Å². The lowest BCUT2D eigenvalue weighted by atomic mass is 10.2. The number of non-ortho nitro benzene ring substituents is 1. The molecule has 0 aliphatic rings. The summed E-state index contributed by atoms with van der Waals surface area (Å²) in [7, 11) is 0. The maximum atomic E-state index is 10.9. The molecule has 0 atom stereocenters. The second-order valence-corrected chi connectivity index (χ2v) is 4.43. The predicted octanol–water partition coefficient (Wildman–Crippen LogP) is 3.12. The van der Waals surface area contributed by atoms with Gasteiger partial charge in [-0.3, -0.25) is 35.8 Å². The lowest BCUT2D eigenvalue weighted by Crippen LogP contribution is -1.98. The molecule has 2 rings (SSSR count). The highest BCUT2D eigenvalue weighted by Crippen LogP contribution is 2.28. The molecule has 2 aromatic rings. The molecule has 0 spiro atoms. The zero-order valence-electron chi connectivity index (χ0n) is 12.3. The van der Waals surface area contributed by atoms with E-state index in [2.05, 4.69) is 10.5 Å². The number of hydrogen-bond donors (Lipinski definition) is 1. The molecule has 12 heteroatoms. The Balaban J connectivity index is 2.05. The number of anilines is 1. The summed E-state index contributed by atoms with van der Waals surface area (Å²) in [6.07, 6.45) is 4.98. The minimum absolute atomic E-state index is 0.0334. The van der Waals surface area contributed by atoms with Crippen LogP contribution in [0.5, 0.6) is 0 Å². The fourth-order valence-electron chi connectivity index (χ4n) is 1.69. The van der Waals surface area contributed by atoms with Crippen LogP contribution >= 0.6 is 0 Å². The second kappa shape index (κ2) is 7.45. The van der Waals surface area contributed by atoms with Crippen LogP contribution in [0.3, 0.4) is 0 Å². The minimum Gasteiger partial charge on any atom is -0.458 e. The number of nitrogens with one attached hydrogen (secondary N) is 1. The van der Waals surface area contributed by atoms with E-state index in [0.717, 1.165) is 24.5 Å². The molecule has 0 fully saturated rings. The van der Waals surface area contributed by atoms with Crippen molar-refractivity contribution in [3.63, 3.8) is 0 Å². The van der Waals surface area contributed by atoms with Crippen LogP contribution < -0.4 is 5.43 Å². The Kier molecular flexibility index (Phi) is 5.15. The zero-order valence-corrected chi connectivity index (χ0v) is 12.3. The number of nitrogens with zero attached hydrogens (tertiary/aromatic N) is 4. The van der Waals surface area contributed by atoms with E-state index in [0.29, 0.717) is 0 Å². The second-order valence-electron chi connectivity index (χ2n) is 4.43. The van der Waals surface area contributed by atoms with E-state index in [1.165, 1.54) is 24.4 Å². The molecule has 25 heavy (non-hydrogen) atoms. The van der Waals surface area contributed by atoms with Gasteiger partial charge in [0.05, 0.1) is 26.9 Å². The van der Waals surface area contributed by atoms with Crippen molar-refractivity contribution in [2.24, 2.45) is 5.10 Å². The molecule has 0 radical (unpaired) electrons. The zero-order chi connectivity index (χ0) is 18.4. The molecule has 0 aliphatic heterocycles. The third-order valence-electron chi connectivity index (χ3n) is 2.81. The highest BCUT2D eigenvalue weighted by Gasteiger charge is 2.18. The highest BCUT2D eigenvalue weighted by atomic mass is 16.6. The first-order chi connectivity index (χ1) is 11.9. The van der Waals surface area contributed by atoms with E-state index in [1.807, 2.05) is 0 Å². The minimum atomic E-state index is -0.775. The maximum Gasteiger partial charge on any atom is 0.307 e. The molecular formula is C13H9N5O7. The van der Waals surface area contributed by atoms with Crippen molar-refractivity contribution < 1.29 is 19.2 Å². The summed E-state index contributed by atoms with van der Waals surface area (Å²) < 4.78 is 4.91. The monoisotopic (exact) mass is 347 g/mol. The van der Waals surface area contributed by atoms with E-state index >= 15 is 0 Å². The largest absolute Gasteiger partial charge is 0.458 e. The topological polar surface area (TPSA) is 167 Å². The molecule has 0 saturated carbocycles. The van der Waals surface area contributed by atoms with Crippen molar-refractivity contribution in [1.29, 1.82) is 0 Å². The average molecular weight is 347 g/mol. The van der Waals surface area contributed by atoms with Crippen molar-refractivity contribution in [1.82, 2.24) is 0 Å². The fraction of sp³-hybridized carbons (Fsp3) is 0. The van der Waals surface area contributed by atoms with Gasteiger partial charge in [-0.1, -0.05) is 0 Å². The van der Waals surface area contributed by atoms with E-state index < -0.39 is 26.1 Å². The van der Waals surface area contributed by atoms with Gasteiger partial charge in [-0.2, -0.15) is 5.10 Å². The Hall–Kier alpha value is -4.09. The molecular weight excluding hydrogens is 338 g/mol. The predicted molar refractivity (Wildman–Crippen MR) is 86.3 cm³/mol. The standard InChI is InChI=1S/C13H9N5O7/c19-16(20)9-3-4-12(13(7-9)18(23)24)15-14-5-1-2-11-6-10(8-25-11)17(21)22/h1-8,15H. The van der Waals surface area contributed by atoms with Gasteiger partial charge in [-0.05, 0) is 18.2 Å². The molecule has 0 aliphatic carbocycles. The van der Waals surface area contributed by atoms with Crippen LogP contribution in [0.1, 0.15) is 5.76 Å².